The van der Waals surface area contributed by atoms with Crippen LogP contribution in [0.5, 0.6) is 0 Å². The van der Waals surface area contributed by atoms with E-state index in [1.54, 1.807) is 11.3 Å². The van der Waals surface area contributed by atoms with E-state index in [1.165, 1.54) is 6.42 Å². The van der Waals surface area contributed by atoms with Crippen LogP contribution >= 0.6 is 11.3 Å². The maximum atomic E-state index is 12.9. The topological polar surface area (TPSA) is 155 Å². The average Bonchev–Trinajstić information content (AvgIpc) is 3.72. The monoisotopic (exact) mass is 791 g/mol. The molecule has 3 N–H and O–H groups in total. The highest BCUT2D eigenvalue weighted by atomic mass is 32.1. The average molecular weight is 792 g/mol. The molecule has 2 atom stereocenters. The summed E-state index contributed by atoms with van der Waals surface area (Å²) < 4.78 is 10.1. The number of nitrogens with zero attached hydrogens (tertiary/aromatic N) is 8. The number of likely N-dealkylation sites (N-methyl/N-ethyl adjacent to an activating group) is 1. The number of carboxylic acids is 1. The second-order valence-electron chi connectivity index (χ2n) is 18.3. The predicted molar refractivity (Wildman–Crippen MR) is 222 cm³/mol. The van der Waals surface area contributed by atoms with E-state index in [2.05, 4.69) is 45.0 Å². The van der Waals surface area contributed by atoms with Gasteiger partial charge in [-0.15, -0.1) is 10.2 Å². The molecule has 4 saturated carbocycles. The Hall–Kier alpha value is -4.50. The van der Waals surface area contributed by atoms with Gasteiger partial charge in [-0.2, -0.15) is 5.10 Å². The van der Waals surface area contributed by atoms with Crippen molar-refractivity contribution in [2.75, 3.05) is 50.1 Å². The van der Waals surface area contributed by atoms with Crippen LogP contribution in [0.3, 0.4) is 0 Å². The molecular weight excluding hydrogens is 739 g/mol. The summed E-state index contributed by atoms with van der Waals surface area (Å²) in [5.41, 5.74) is 5.54. The molecule has 1 aliphatic heterocycles. The molecule has 0 amide bonds. The van der Waals surface area contributed by atoms with Gasteiger partial charge in [0.25, 0.3) is 0 Å². The number of pyridine rings is 1. The summed E-state index contributed by atoms with van der Waals surface area (Å²) in [5, 5.41) is 38.3. The number of rotatable bonds is 13. The number of thiazole rings is 1. The first-order valence-electron chi connectivity index (χ1n) is 20.3. The molecule has 5 aliphatic rings. The Kier molecular flexibility index (Phi) is 9.41. The second-order valence-corrected chi connectivity index (χ2v) is 19.3. The van der Waals surface area contributed by atoms with Gasteiger partial charge < -0.3 is 30.1 Å². The lowest BCUT2D eigenvalue weighted by atomic mass is 9.39. The smallest absolute Gasteiger partial charge is 0.355 e. The molecule has 5 heterocycles. The summed E-state index contributed by atoms with van der Waals surface area (Å²) >= 11 is 1.58. The molecule has 1 aromatic carbocycles. The Morgan fingerprint density at radius 1 is 0.982 bits per heavy atom. The molecule has 0 radical (unpaired) electrons. The van der Waals surface area contributed by atoms with Crippen molar-refractivity contribution < 1.29 is 19.7 Å². The molecule has 4 bridgehead atoms. The largest absolute Gasteiger partial charge is 0.476 e. The number of hydrogen-bond donors (Lipinski definition) is 3. The second kappa shape index (κ2) is 14.1. The number of nitrogens with one attached hydrogen (secondary N) is 1. The van der Waals surface area contributed by atoms with Crippen LogP contribution in [0, 0.1) is 30.1 Å². The van der Waals surface area contributed by atoms with E-state index in [1.807, 2.05) is 62.3 Å². The number of anilines is 4. The summed E-state index contributed by atoms with van der Waals surface area (Å²) in [6, 6.07) is 11.8. The summed E-state index contributed by atoms with van der Waals surface area (Å²) in [4.78, 5) is 26.5. The van der Waals surface area contributed by atoms with Gasteiger partial charge in [0.1, 0.15) is 5.82 Å². The minimum atomic E-state index is -1.08. The number of hydrogen-bond acceptors (Lipinski definition) is 12. The maximum absolute atomic E-state index is 12.9. The van der Waals surface area contributed by atoms with Crippen molar-refractivity contribution in [2.45, 2.75) is 91.2 Å². The molecule has 5 aromatic rings. The molecule has 4 aliphatic carbocycles. The van der Waals surface area contributed by atoms with Crippen molar-refractivity contribution in [1.29, 1.82) is 0 Å². The number of fused-ring (bicyclic) bond motifs is 2. The zero-order valence-electron chi connectivity index (χ0n) is 33.6. The minimum Gasteiger partial charge on any atom is -0.476 e. The Balaban J connectivity index is 0.969. The molecular formula is C43H53N9O4S. The van der Waals surface area contributed by atoms with Crippen molar-refractivity contribution in [3.05, 3.63) is 65.1 Å². The molecule has 14 heteroatoms. The Labute approximate surface area is 337 Å². The summed E-state index contributed by atoms with van der Waals surface area (Å²) in [5.74, 6) is 0.814. The first kappa shape index (κ1) is 38.0. The van der Waals surface area contributed by atoms with E-state index >= 15 is 0 Å². The molecule has 2 unspecified atom stereocenters. The van der Waals surface area contributed by atoms with Gasteiger partial charge in [-0.05, 0) is 113 Å². The highest BCUT2D eigenvalue weighted by Crippen LogP contribution is 2.72. The van der Waals surface area contributed by atoms with Crippen LogP contribution in [-0.4, -0.2) is 96.5 Å². The van der Waals surface area contributed by atoms with Gasteiger partial charge in [-0.3, -0.25) is 4.68 Å². The third-order valence-corrected chi connectivity index (χ3v) is 14.1. The standard InChI is InChI=1S/C43H53N9O4S/c1-27-29-9-8-14-51(37(29)49-48-36(27)47-39-45-32-10-6-7-11-33(32)57-39)34-13-12-30(35(46-34)38(54)55)31-19-44-52(28(31)2)26-42-21-40(3)20-41(4,22-42)24-43(23-40,25-42)56-18-16-50(5)15-17-53/h6-7,10-13,19,53H,8-9,14-18,20-26H2,1-5H3,(H,54,55)(H,45,47,48). The van der Waals surface area contributed by atoms with Crippen LogP contribution in [-0.2, 0) is 17.7 Å². The van der Waals surface area contributed by atoms with E-state index in [9.17, 15) is 15.0 Å². The fourth-order valence-corrected chi connectivity index (χ4v) is 12.8. The highest BCUT2D eigenvalue weighted by molar-refractivity contribution is 7.22. The zero-order valence-corrected chi connectivity index (χ0v) is 34.5. The lowest BCUT2D eigenvalue weighted by molar-refractivity contribution is -0.248. The first-order valence-corrected chi connectivity index (χ1v) is 21.1. The maximum Gasteiger partial charge on any atom is 0.355 e. The van der Waals surface area contributed by atoms with Gasteiger partial charge in [0.15, 0.2) is 22.5 Å². The third kappa shape index (κ3) is 6.98. The van der Waals surface area contributed by atoms with Crippen molar-refractivity contribution >= 4 is 50.1 Å². The fraction of sp³-hybridized carbons (Fsp3) is 0.535. The molecule has 300 valence electrons. The van der Waals surface area contributed by atoms with Crippen LogP contribution in [0.25, 0.3) is 21.3 Å². The molecule has 4 fully saturated rings. The van der Waals surface area contributed by atoms with Gasteiger partial charge in [0.05, 0.1) is 35.2 Å². The van der Waals surface area contributed by atoms with Gasteiger partial charge >= 0.3 is 5.97 Å². The quantitative estimate of drug-likeness (QED) is 0.108. The molecule has 57 heavy (non-hydrogen) atoms. The van der Waals surface area contributed by atoms with Crippen molar-refractivity contribution in [2.24, 2.45) is 16.2 Å². The Morgan fingerprint density at radius 2 is 1.77 bits per heavy atom. The minimum absolute atomic E-state index is 0.00516. The fourth-order valence-electron chi connectivity index (χ4n) is 12.0. The number of para-hydroxylation sites is 1. The van der Waals surface area contributed by atoms with Crippen molar-refractivity contribution in [1.82, 2.24) is 34.8 Å². The highest BCUT2D eigenvalue weighted by Gasteiger charge is 2.66. The SMILES string of the molecule is Cc1c(Nc2nc3ccccc3s2)nnc2c1CCCN2c1ccc(-c2cnn(CC34CC5(C)CC(C)(C3)CC(OCCN(C)CCO)(C5)C4)c2C)c(C(=O)O)n1. The summed E-state index contributed by atoms with van der Waals surface area (Å²) in [6.45, 7) is 12.7. The zero-order chi connectivity index (χ0) is 39.7. The van der Waals surface area contributed by atoms with Crippen LogP contribution in [0.15, 0.2) is 42.6 Å². The molecule has 13 nitrogen and oxygen atoms in total. The van der Waals surface area contributed by atoms with Gasteiger partial charge in [0, 0.05) is 54.1 Å². The summed E-state index contributed by atoms with van der Waals surface area (Å²) in [7, 11) is 2.03. The molecule has 0 saturated heterocycles. The van der Waals surface area contributed by atoms with Crippen LogP contribution < -0.4 is 10.2 Å². The van der Waals surface area contributed by atoms with E-state index in [4.69, 9.17) is 19.8 Å². The molecule has 10 rings (SSSR count). The van der Waals surface area contributed by atoms with Gasteiger partial charge in [-0.25, -0.2) is 14.8 Å². The van der Waals surface area contributed by atoms with Crippen LogP contribution in [0.4, 0.5) is 22.6 Å². The summed E-state index contributed by atoms with van der Waals surface area (Å²) in [6.07, 6.45) is 10.2. The van der Waals surface area contributed by atoms with Gasteiger partial charge in [-0.1, -0.05) is 37.3 Å². The number of benzene rings is 1. The first-order chi connectivity index (χ1) is 27.3. The normalized spacial score (nSPS) is 26.4. The third-order valence-electron chi connectivity index (χ3n) is 13.2. The van der Waals surface area contributed by atoms with Crippen LogP contribution in [0.1, 0.15) is 86.1 Å². The van der Waals surface area contributed by atoms with E-state index < -0.39 is 5.97 Å². The predicted octanol–water partition coefficient (Wildman–Crippen LogP) is 7.55. The van der Waals surface area contributed by atoms with E-state index in [0.717, 1.165) is 95.8 Å². The van der Waals surface area contributed by atoms with E-state index in [0.29, 0.717) is 42.7 Å². The van der Waals surface area contributed by atoms with E-state index in [-0.39, 0.29) is 34.1 Å². The number of carbonyl (C=O) groups is 1. The Morgan fingerprint density at radius 3 is 2.53 bits per heavy atom. The number of aliphatic hydroxyl groups excluding tert-OH is 1. The lowest BCUT2D eigenvalue weighted by Crippen LogP contribution is -2.64. The number of carboxylic acid groups (broad SMARTS) is 1. The van der Waals surface area contributed by atoms with Crippen molar-refractivity contribution in [3.8, 4) is 11.1 Å². The number of aromatic carboxylic acids is 1. The van der Waals surface area contributed by atoms with Gasteiger partial charge in [0.2, 0.25) is 0 Å². The molecule has 4 aromatic heterocycles. The van der Waals surface area contributed by atoms with Crippen LogP contribution in [0.2, 0.25) is 0 Å². The lowest BCUT2D eigenvalue weighted by Gasteiger charge is -2.69. The molecule has 0 spiro atoms. The number of aromatic nitrogens is 6. The van der Waals surface area contributed by atoms with Crippen molar-refractivity contribution in [3.63, 3.8) is 0 Å². The number of ether oxygens (including phenoxy) is 1. The number of aliphatic hydroxyl groups is 1. The Bertz CT molecular complexity index is 2310.